The normalized spacial score (nSPS) is 11.1. The summed E-state index contributed by atoms with van der Waals surface area (Å²) in [5, 5.41) is 0. The number of aryl methyl sites for hydroxylation is 2. The molecule has 0 aliphatic rings. The molecule has 11 rings (SSSR count). The summed E-state index contributed by atoms with van der Waals surface area (Å²) in [7, 11) is 0. The second-order valence-corrected chi connectivity index (χ2v) is 17.0. The quantitative estimate of drug-likeness (QED) is 0.137. The van der Waals surface area contributed by atoms with E-state index in [1.165, 1.54) is 5.56 Å². The van der Waals surface area contributed by atoms with Gasteiger partial charge in [-0.3, -0.25) is 4.98 Å². The maximum Gasteiger partial charge on any atom is 0.160 e. The Hall–Kier alpha value is -8.93. The van der Waals surface area contributed by atoms with Crippen LogP contribution in [0.4, 0.5) is 0 Å². The van der Waals surface area contributed by atoms with Crippen molar-refractivity contribution in [1.29, 1.82) is 0 Å². The summed E-state index contributed by atoms with van der Waals surface area (Å²) in [5.41, 5.74) is 20.2. The third-order valence-corrected chi connectivity index (χ3v) is 12.4. The van der Waals surface area contributed by atoms with Gasteiger partial charge in [0.1, 0.15) is 0 Å². The highest BCUT2D eigenvalue weighted by molar-refractivity contribution is 5.90. The molecule has 3 heterocycles. The minimum atomic E-state index is 0.663. The second-order valence-electron chi connectivity index (χ2n) is 17.0. The summed E-state index contributed by atoms with van der Waals surface area (Å²) in [4.78, 5) is 25.7. The zero-order valence-corrected chi connectivity index (χ0v) is 37.8. The van der Waals surface area contributed by atoms with Crippen molar-refractivity contribution in [2.45, 2.75) is 13.8 Å². The second kappa shape index (κ2) is 18.5. The average Bonchev–Trinajstić information content (AvgIpc) is 3.41. The van der Waals surface area contributed by atoms with Gasteiger partial charge in [0.15, 0.2) is 11.6 Å². The lowest BCUT2D eigenvalue weighted by molar-refractivity contribution is 1.13. The maximum atomic E-state index is 5.22. The molecule has 0 amide bonds. The monoisotopic (exact) mass is 871 g/mol. The van der Waals surface area contributed by atoms with E-state index in [2.05, 4.69) is 183 Å². The van der Waals surface area contributed by atoms with E-state index in [0.29, 0.717) is 11.6 Å². The molecule has 0 bridgehead atoms. The number of hydrogen-bond donors (Lipinski definition) is 0. The summed E-state index contributed by atoms with van der Waals surface area (Å²) in [6.07, 6.45) is 0. The summed E-state index contributed by atoms with van der Waals surface area (Å²) < 4.78 is 0. The van der Waals surface area contributed by atoms with Crippen LogP contribution >= 0.6 is 0 Å². The lowest BCUT2D eigenvalue weighted by atomic mass is 9.89. The van der Waals surface area contributed by atoms with Crippen LogP contribution in [-0.2, 0) is 0 Å². The van der Waals surface area contributed by atoms with Gasteiger partial charge in [-0.2, -0.15) is 0 Å². The number of benzene rings is 8. The SMILES string of the molecule is Cc1ccc(-c2cc(-c3cccc(-c4nc(-c5ccccc5)cc(-c5ccc(-c6ccccc6)cc5)n4)c3)ccc2-c2cccc(-c3nc(-c4ccccc4)cc(-c4ccccc4)n3)c2)c(C)n1. The number of nitrogens with zero attached hydrogens (tertiary/aromatic N) is 5. The summed E-state index contributed by atoms with van der Waals surface area (Å²) in [6, 6.07) is 82.3. The van der Waals surface area contributed by atoms with Gasteiger partial charge in [-0.05, 0) is 89.2 Å². The van der Waals surface area contributed by atoms with Crippen LogP contribution in [0.3, 0.4) is 0 Å². The molecule has 11 aromatic rings. The first-order valence-electron chi connectivity index (χ1n) is 22.9. The van der Waals surface area contributed by atoms with E-state index in [0.717, 1.165) is 106 Å². The lowest BCUT2D eigenvalue weighted by Gasteiger charge is -2.16. The first kappa shape index (κ1) is 41.8. The van der Waals surface area contributed by atoms with Gasteiger partial charge >= 0.3 is 0 Å². The molecule has 0 aliphatic heterocycles. The van der Waals surface area contributed by atoms with E-state index < -0.39 is 0 Å². The molecule has 0 spiro atoms. The largest absolute Gasteiger partial charge is 0.258 e. The molecule has 0 unspecified atom stereocenters. The van der Waals surface area contributed by atoms with Gasteiger partial charge in [0.05, 0.1) is 22.8 Å². The van der Waals surface area contributed by atoms with Crippen LogP contribution in [0, 0.1) is 13.8 Å². The third kappa shape index (κ3) is 8.77. The molecular weight excluding hydrogens is 827 g/mol. The summed E-state index contributed by atoms with van der Waals surface area (Å²) in [5.74, 6) is 1.33. The van der Waals surface area contributed by atoms with Gasteiger partial charge < -0.3 is 0 Å². The standard InChI is InChI=1S/C63H45N5/c1-42-29-35-55(43(2)64-42)57-39-51(34-36-56(57)52-26-16-28-54(38-52)63-66-58(46-19-9-4-10-20-46)40-59(67-63)47-21-11-5-12-22-47)50-25-15-27-53(37-50)62-65-60(48-23-13-6-14-24-48)41-61(68-62)49-32-30-45(31-33-49)44-17-7-3-8-18-44/h3-41H,1-2H3. The lowest BCUT2D eigenvalue weighted by Crippen LogP contribution is -1.97. The molecular formula is C63H45N5. The van der Waals surface area contributed by atoms with Crippen molar-refractivity contribution in [3.8, 4) is 112 Å². The first-order valence-corrected chi connectivity index (χ1v) is 22.9. The van der Waals surface area contributed by atoms with E-state index in [9.17, 15) is 0 Å². The van der Waals surface area contributed by atoms with Crippen molar-refractivity contribution >= 4 is 0 Å². The molecule has 68 heavy (non-hydrogen) atoms. The molecule has 0 saturated carbocycles. The van der Waals surface area contributed by atoms with Crippen LogP contribution in [0.2, 0.25) is 0 Å². The fraction of sp³-hybridized carbons (Fsp3) is 0.0317. The minimum absolute atomic E-state index is 0.663. The fourth-order valence-corrected chi connectivity index (χ4v) is 8.87. The average molecular weight is 872 g/mol. The number of rotatable bonds is 10. The summed E-state index contributed by atoms with van der Waals surface area (Å²) >= 11 is 0. The van der Waals surface area contributed by atoms with E-state index >= 15 is 0 Å². The van der Waals surface area contributed by atoms with Crippen molar-refractivity contribution in [1.82, 2.24) is 24.9 Å². The van der Waals surface area contributed by atoms with E-state index in [4.69, 9.17) is 24.9 Å². The molecule has 0 aliphatic carbocycles. The van der Waals surface area contributed by atoms with Crippen LogP contribution in [-0.4, -0.2) is 24.9 Å². The molecule has 0 radical (unpaired) electrons. The molecule has 0 N–H and O–H groups in total. The van der Waals surface area contributed by atoms with Crippen LogP contribution in [0.15, 0.2) is 237 Å². The third-order valence-electron chi connectivity index (χ3n) is 12.4. The zero-order valence-electron chi connectivity index (χ0n) is 37.8. The molecule has 0 atom stereocenters. The van der Waals surface area contributed by atoms with Gasteiger partial charge in [-0.1, -0.05) is 200 Å². The Labute approximate surface area is 397 Å². The predicted molar refractivity (Wildman–Crippen MR) is 279 cm³/mol. The molecule has 3 aromatic heterocycles. The number of hydrogen-bond acceptors (Lipinski definition) is 5. The van der Waals surface area contributed by atoms with E-state index in [-0.39, 0.29) is 0 Å². The van der Waals surface area contributed by atoms with Crippen LogP contribution in [0.25, 0.3) is 112 Å². The smallest absolute Gasteiger partial charge is 0.160 e. The van der Waals surface area contributed by atoms with Crippen molar-refractivity contribution in [3.63, 3.8) is 0 Å². The molecule has 8 aromatic carbocycles. The molecule has 0 saturated heterocycles. The van der Waals surface area contributed by atoms with Crippen LogP contribution in [0.1, 0.15) is 11.4 Å². The highest BCUT2D eigenvalue weighted by Gasteiger charge is 2.17. The first-order chi connectivity index (χ1) is 33.5. The van der Waals surface area contributed by atoms with Gasteiger partial charge in [0.2, 0.25) is 0 Å². The Morgan fingerprint density at radius 3 is 1.07 bits per heavy atom. The van der Waals surface area contributed by atoms with Gasteiger partial charge in [-0.15, -0.1) is 0 Å². The van der Waals surface area contributed by atoms with Gasteiger partial charge in [0.25, 0.3) is 0 Å². The van der Waals surface area contributed by atoms with Crippen molar-refractivity contribution in [2.24, 2.45) is 0 Å². The van der Waals surface area contributed by atoms with E-state index in [1.54, 1.807) is 0 Å². The molecule has 5 heteroatoms. The molecule has 0 fully saturated rings. The Balaban J connectivity index is 1.00. The minimum Gasteiger partial charge on any atom is -0.258 e. The molecule has 5 nitrogen and oxygen atoms in total. The van der Waals surface area contributed by atoms with E-state index in [1.807, 2.05) is 67.6 Å². The number of pyridine rings is 1. The number of aromatic nitrogens is 5. The highest BCUT2D eigenvalue weighted by atomic mass is 14.9. The maximum absolute atomic E-state index is 5.22. The van der Waals surface area contributed by atoms with Crippen LogP contribution in [0.5, 0.6) is 0 Å². The Kier molecular flexibility index (Phi) is 11.4. The van der Waals surface area contributed by atoms with Gasteiger partial charge in [0, 0.05) is 50.3 Å². The zero-order chi connectivity index (χ0) is 45.8. The predicted octanol–water partition coefficient (Wildman–Crippen LogP) is 15.9. The van der Waals surface area contributed by atoms with Crippen molar-refractivity contribution < 1.29 is 0 Å². The van der Waals surface area contributed by atoms with Crippen molar-refractivity contribution in [3.05, 3.63) is 248 Å². The van der Waals surface area contributed by atoms with Gasteiger partial charge in [-0.25, -0.2) is 19.9 Å². The molecule has 322 valence electrons. The Morgan fingerprint density at radius 1 is 0.221 bits per heavy atom. The van der Waals surface area contributed by atoms with Crippen molar-refractivity contribution in [2.75, 3.05) is 0 Å². The summed E-state index contributed by atoms with van der Waals surface area (Å²) in [6.45, 7) is 4.13. The Morgan fingerprint density at radius 2 is 0.574 bits per heavy atom. The Bertz CT molecular complexity index is 3500. The topological polar surface area (TPSA) is 64.5 Å². The fourth-order valence-electron chi connectivity index (χ4n) is 8.87. The highest BCUT2D eigenvalue weighted by Crippen LogP contribution is 2.40. The van der Waals surface area contributed by atoms with Crippen LogP contribution < -0.4 is 0 Å².